The smallest absolute Gasteiger partial charge is 0.139 e. The van der Waals surface area contributed by atoms with Gasteiger partial charge in [-0.15, -0.1) is 0 Å². The molecule has 0 atom stereocenters. The van der Waals surface area contributed by atoms with Crippen molar-refractivity contribution in [2.45, 2.75) is 0 Å². The van der Waals surface area contributed by atoms with Gasteiger partial charge in [0.2, 0.25) is 0 Å². The highest BCUT2D eigenvalue weighted by Crippen LogP contribution is 2.16. The Balaban J connectivity index is 2.58. The number of halogens is 1. The summed E-state index contributed by atoms with van der Waals surface area (Å²) in [5.74, 6) is -0.249. The SMILES string of the molecule is Fc1ccc2nc3ccccc3n2c1. The van der Waals surface area contributed by atoms with Crippen molar-refractivity contribution < 1.29 is 4.39 Å². The number of hydrogen-bond donors (Lipinski definition) is 0. The molecule has 3 heteroatoms. The molecule has 2 nitrogen and oxygen atoms in total. The van der Waals surface area contributed by atoms with E-state index in [0.717, 1.165) is 16.7 Å². The van der Waals surface area contributed by atoms with Crippen molar-refractivity contribution in [2.24, 2.45) is 0 Å². The van der Waals surface area contributed by atoms with E-state index < -0.39 is 0 Å². The molecule has 0 aliphatic rings. The average Bonchev–Trinajstić information content (AvgIpc) is 2.56. The Kier molecular flexibility index (Phi) is 1.36. The van der Waals surface area contributed by atoms with Crippen LogP contribution in [-0.4, -0.2) is 9.38 Å². The Bertz CT molecular complexity index is 613. The third-order valence-electron chi connectivity index (χ3n) is 2.27. The second-order valence-electron chi connectivity index (χ2n) is 3.18. The molecule has 0 fully saturated rings. The maximum atomic E-state index is 13.0. The summed E-state index contributed by atoms with van der Waals surface area (Å²) in [6.45, 7) is 0. The molecule has 0 unspecified atom stereocenters. The van der Waals surface area contributed by atoms with E-state index in [9.17, 15) is 4.39 Å². The lowest BCUT2D eigenvalue weighted by Crippen LogP contribution is -1.85. The fourth-order valence-electron chi connectivity index (χ4n) is 1.64. The number of nitrogens with zero attached hydrogens (tertiary/aromatic N) is 2. The number of benzene rings is 1. The van der Waals surface area contributed by atoms with Crippen LogP contribution in [0.4, 0.5) is 4.39 Å². The lowest BCUT2D eigenvalue weighted by molar-refractivity contribution is 0.620. The average molecular weight is 186 g/mol. The molecule has 1 aromatic carbocycles. The van der Waals surface area contributed by atoms with Crippen LogP contribution in [0.2, 0.25) is 0 Å². The first-order valence-corrected chi connectivity index (χ1v) is 4.37. The summed E-state index contributed by atoms with van der Waals surface area (Å²) in [7, 11) is 0. The Morgan fingerprint density at radius 1 is 1.07 bits per heavy atom. The van der Waals surface area contributed by atoms with Crippen molar-refractivity contribution in [1.29, 1.82) is 0 Å². The molecule has 14 heavy (non-hydrogen) atoms. The molecule has 3 aromatic rings. The van der Waals surface area contributed by atoms with Gasteiger partial charge in [-0.1, -0.05) is 12.1 Å². The van der Waals surface area contributed by atoms with E-state index in [2.05, 4.69) is 4.98 Å². The van der Waals surface area contributed by atoms with E-state index in [4.69, 9.17) is 0 Å². The number of pyridine rings is 1. The number of hydrogen-bond acceptors (Lipinski definition) is 1. The molecule has 0 N–H and O–H groups in total. The number of imidazole rings is 1. The molecule has 0 saturated heterocycles. The molecule has 68 valence electrons. The van der Waals surface area contributed by atoms with Gasteiger partial charge >= 0.3 is 0 Å². The molecule has 3 rings (SSSR count). The summed E-state index contributed by atoms with van der Waals surface area (Å²) in [6.07, 6.45) is 1.45. The summed E-state index contributed by atoms with van der Waals surface area (Å²) in [5, 5.41) is 0. The lowest BCUT2D eigenvalue weighted by atomic mass is 10.3. The third kappa shape index (κ3) is 0.923. The highest BCUT2D eigenvalue weighted by molar-refractivity contribution is 5.80. The van der Waals surface area contributed by atoms with Crippen LogP contribution in [0, 0.1) is 5.82 Å². The molecule has 0 spiro atoms. The van der Waals surface area contributed by atoms with Crippen molar-refractivity contribution in [3.8, 4) is 0 Å². The Labute approximate surface area is 79.6 Å². The minimum absolute atomic E-state index is 0.249. The first kappa shape index (κ1) is 7.50. The van der Waals surface area contributed by atoms with Crippen LogP contribution in [0.5, 0.6) is 0 Å². The van der Waals surface area contributed by atoms with Gasteiger partial charge in [0.25, 0.3) is 0 Å². The third-order valence-corrected chi connectivity index (χ3v) is 2.27. The van der Waals surface area contributed by atoms with Crippen LogP contribution < -0.4 is 0 Å². The van der Waals surface area contributed by atoms with Crippen molar-refractivity contribution >= 4 is 16.7 Å². The maximum Gasteiger partial charge on any atom is 0.139 e. The Morgan fingerprint density at radius 2 is 1.93 bits per heavy atom. The van der Waals surface area contributed by atoms with Gasteiger partial charge in [-0.25, -0.2) is 9.37 Å². The summed E-state index contributed by atoms with van der Waals surface area (Å²) >= 11 is 0. The summed E-state index contributed by atoms with van der Waals surface area (Å²) in [5.41, 5.74) is 2.59. The fourth-order valence-corrected chi connectivity index (χ4v) is 1.64. The molecular formula is C11H7FN2. The second kappa shape index (κ2) is 2.54. The molecule has 2 heterocycles. The Morgan fingerprint density at radius 3 is 2.86 bits per heavy atom. The zero-order valence-corrected chi connectivity index (χ0v) is 7.31. The van der Waals surface area contributed by atoms with Crippen LogP contribution in [-0.2, 0) is 0 Å². The van der Waals surface area contributed by atoms with Crippen LogP contribution in [0.15, 0.2) is 42.6 Å². The first-order chi connectivity index (χ1) is 6.84. The Hall–Kier alpha value is -1.90. The monoisotopic (exact) mass is 186 g/mol. The topological polar surface area (TPSA) is 17.3 Å². The van der Waals surface area contributed by atoms with Gasteiger partial charge in [-0.05, 0) is 24.3 Å². The van der Waals surface area contributed by atoms with E-state index in [1.807, 2.05) is 24.3 Å². The van der Waals surface area contributed by atoms with Gasteiger partial charge in [0.15, 0.2) is 0 Å². The van der Waals surface area contributed by atoms with Gasteiger partial charge in [0.1, 0.15) is 11.5 Å². The molecule has 0 bridgehead atoms. The van der Waals surface area contributed by atoms with Crippen LogP contribution in [0.3, 0.4) is 0 Å². The fraction of sp³-hybridized carbons (Fsp3) is 0. The summed E-state index contributed by atoms with van der Waals surface area (Å²) in [6, 6.07) is 10.8. The van der Waals surface area contributed by atoms with Crippen LogP contribution in [0.1, 0.15) is 0 Å². The van der Waals surface area contributed by atoms with Crippen molar-refractivity contribution in [3.05, 3.63) is 48.4 Å². The number of rotatable bonds is 0. The van der Waals surface area contributed by atoms with Crippen molar-refractivity contribution in [2.75, 3.05) is 0 Å². The molecule has 0 amide bonds. The first-order valence-electron chi connectivity index (χ1n) is 4.37. The predicted octanol–water partition coefficient (Wildman–Crippen LogP) is 2.63. The molecule has 0 aliphatic carbocycles. The zero-order chi connectivity index (χ0) is 9.54. The normalized spacial score (nSPS) is 11.2. The van der Waals surface area contributed by atoms with E-state index >= 15 is 0 Å². The minimum Gasteiger partial charge on any atom is -0.297 e. The standard InChI is InChI=1S/C11H7FN2/c12-8-5-6-11-13-9-3-1-2-4-10(9)14(11)7-8/h1-7H. The highest BCUT2D eigenvalue weighted by atomic mass is 19.1. The van der Waals surface area contributed by atoms with Gasteiger partial charge in [-0.2, -0.15) is 0 Å². The van der Waals surface area contributed by atoms with Crippen molar-refractivity contribution in [3.63, 3.8) is 0 Å². The van der Waals surface area contributed by atoms with Gasteiger partial charge < -0.3 is 0 Å². The van der Waals surface area contributed by atoms with Crippen LogP contribution >= 0.6 is 0 Å². The van der Waals surface area contributed by atoms with Crippen LogP contribution in [0.25, 0.3) is 16.7 Å². The summed E-state index contributed by atoms with van der Waals surface area (Å²) < 4.78 is 14.7. The maximum absolute atomic E-state index is 13.0. The quantitative estimate of drug-likeness (QED) is 0.527. The molecule has 2 aromatic heterocycles. The number of aromatic nitrogens is 2. The van der Waals surface area contributed by atoms with E-state index in [0.29, 0.717) is 0 Å². The minimum atomic E-state index is -0.249. The zero-order valence-electron chi connectivity index (χ0n) is 7.31. The number of fused-ring (bicyclic) bond motifs is 3. The van der Waals surface area contributed by atoms with E-state index in [-0.39, 0.29) is 5.82 Å². The molecular weight excluding hydrogens is 179 g/mol. The second-order valence-corrected chi connectivity index (χ2v) is 3.18. The summed E-state index contributed by atoms with van der Waals surface area (Å²) in [4.78, 5) is 4.35. The lowest BCUT2D eigenvalue weighted by Gasteiger charge is -1.94. The highest BCUT2D eigenvalue weighted by Gasteiger charge is 2.02. The molecule has 0 radical (unpaired) electrons. The number of para-hydroxylation sites is 2. The molecule has 0 aliphatic heterocycles. The van der Waals surface area contributed by atoms with Gasteiger partial charge in [0, 0.05) is 6.20 Å². The largest absolute Gasteiger partial charge is 0.297 e. The van der Waals surface area contributed by atoms with Gasteiger partial charge in [-0.3, -0.25) is 4.40 Å². The predicted molar refractivity (Wildman–Crippen MR) is 52.7 cm³/mol. The molecule has 0 saturated carbocycles. The van der Waals surface area contributed by atoms with E-state index in [1.54, 1.807) is 10.5 Å². The van der Waals surface area contributed by atoms with Crippen molar-refractivity contribution in [1.82, 2.24) is 9.38 Å². The van der Waals surface area contributed by atoms with Gasteiger partial charge in [0.05, 0.1) is 11.0 Å². The van der Waals surface area contributed by atoms with E-state index in [1.165, 1.54) is 12.3 Å².